The minimum absolute atomic E-state index is 0.0645. The highest BCUT2D eigenvalue weighted by molar-refractivity contribution is 6.11. The highest BCUT2D eigenvalue weighted by Gasteiger charge is 2.38. The van der Waals surface area contributed by atoms with Crippen LogP contribution in [0.2, 0.25) is 0 Å². The van der Waals surface area contributed by atoms with Crippen LogP contribution in [-0.2, 0) is 9.47 Å². The molecule has 1 saturated heterocycles. The van der Waals surface area contributed by atoms with Crippen molar-refractivity contribution >= 4 is 7.85 Å². The second kappa shape index (κ2) is 3.56. The van der Waals surface area contributed by atoms with Gasteiger partial charge in [0.2, 0.25) is 1.43 Å². The maximum atomic E-state index is 6.59. The molecule has 0 aliphatic carbocycles. The molecule has 0 aromatic carbocycles. The van der Waals surface area contributed by atoms with Gasteiger partial charge in [0, 0.05) is 19.0 Å². The molecule has 4 heteroatoms. The van der Waals surface area contributed by atoms with Gasteiger partial charge < -0.3 is 14.6 Å². The van der Waals surface area contributed by atoms with E-state index in [1.54, 1.807) is 7.11 Å². The molecule has 3 nitrogen and oxygen atoms in total. The maximum absolute atomic E-state index is 6.59. The molecular formula is C7H13BO3. The Morgan fingerprint density at radius 3 is 3.09 bits per heavy atom. The lowest BCUT2D eigenvalue weighted by Crippen LogP contribution is -2.30. The molecule has 4 atom stereocenters. The monoisotopic (exact) mass is 157 g/mol. The van der Waals surface area contributed by atoms with Crippen LogP contribution in [0, 0.1) is 5.92 Å². The summed E-state index contributed by atoms with van der Waals surface area (Å²) < 4.78 is 17.1. The van der Waals surface area contributed by atoms with Gasteiger partial charge in [-0.3, -0.25) is 0 Å². The second-order valence-electron chi connectivity index (χ2n) is 2.87. The molecule has 1 N–H and O–H groups in total. The van der Waals surface area contributed by atoms with E-state index in [0.717, 1.165) is 0 Å². The van der Waals surface area contributed by atoms with Crippen molar-refractivity contribution in [3.05, 3.63) is 0 Å². The fourth-order valence-corrected chi connectivity index (χ4v) is 1.43. The number of hydrogen-bond donors (Lipinski definition) is 1. The van der Waals surface area contributed by atoms with Crippen molar-refractivity contribution in [1.82, 2.24) is 0 Å². The average Bonchev–Trinajstić information content (AvgIpc) is 2.29. The van der Waals surface area contributed by atoms with Crippen LogP contribution in [0.1, 0.15) is 6.92 Å². The number of aliphatic hydroxyl groups excluding tert-OH is 1. The molecule has 1 rings (SSSR count). The molecule has 1 heterocycles. The number of rotatable bonds is 3. The molecule has 1 aliphatic rings. The number of aliphatic hydroxyl groups is 1. The lowest BCUT2D eigenvalue weighted by Gasteiger charge is -2.17. The average molecular weight is 157 g/mol. The Morgan fingerprint density at radius 2 is 2.55 bits per heavy atom. The van der Waals surface area contributed by atoms with E-state index in [0.29, 0.717) is 0 Å². The Morgan fingerprint density at radius 1 is 1.82 bits per heavy atom. The van der Waals surface area contributed by atoms with Crippen LogP contribution in [0.3, 0.4) is 0 Å². The molecule has 2 radical (unpaired) electrons. The van der Waals surface area contributed by atoms with Gasteiger partial charge in [0.25, 0.3) is 0 Å². The Hall–Kier alpha value is -0.0551. The molecule has 0 aromatic rings. The standard InChI is InChI=1S/C7H13BO3/c1-4-6(10-2)5(3-9)11-7(4)8/h4-7,9H,3H2,1-2H3/i9D. The van der Waals surface area contributed by atoms with Crippen LogP contribution in [0.5, 0.6) is 0 Å². The van der Waals surface area contributed by atoms with Crippen LogP contribution in [-0.4, -0.2) is 46.3 Å². The predicted molar refractivity (Wildman–Crippen MR) is 41.5 cm³/mol. The van der Waals surface area contributed by atoms with Gasteiger partial charge in [-0.15, -0.1) is 0 Å². The van der Waals surface area contributed by atoms with Crippen LogP contribution >= 0.6 is 0 Å². The summed E-state index contributed by atoms with van der Waals surface area (Å²) in [4.78, 5) is 0. The number of methoxy groups -OCH3 is 1. The molecule has 11 heavy (non-hydrogen) atoms. The summed E-state index contributed by atoms with van der Waals surface area (Å²) in [6.45, 7) is 2.17. The molecule has 0 spiro atoms. The Kier molecular flexibility index (Phi) is 2.46. The van der Waals surface area contributed by atoms with E-state index in [1.807, 2.05) is 6.92 Å². The Balaban J connectivity index is 2.52. The van der Waals surface area contributed by atoms with Crippen molar-refractivity contribution in [2.75, 3.05) is 13.7 Å². The third-order valence-electron chi connectivity index (χ3n) is 2.17. The third-order valence-corrected chi connectivity index (χ3v) is 2.17. The van der Waals surface area contributed by atoms with Crippen molar-refractivity contribution in [1.29, 1.82) is 1.43 Å². The molecule has 1 fully saturated rings. The second-order valence-corrected chi connectivity index (χ2v) is 2.87. The zero-order valence-corrected chi connectivity index (χ0v) is 6.82. The molecule has 4 unspecified atom stereocenters. The summed E-state index contributed by atoms with van der Waals surface area (Å²) in [6.07, 6.45) is -0.275. The third kappa shape index (κ3) is 1.58. The SMILES string of the molecule is [2H]OCC1OC([B])C(C)C1OC. The first kappa shape index (κ1) is 7.59. The van der Waals surface area contributed by atoms with Crippen LogP contribution in [0.4, 0.5) is 0 Å². The topological polar surface area (TPSA) is 38.7 Å². The van der Waals surface area contributed by atoms with E-state index in [4.69, 9.17) is 18.8 Å². The molecule has 0 amide bonds. The summed E-state index contributed by atoms with van der Waals surface area (Å²) in [5, 5.41) is 4.24. The smallest absolute Gasteiger partial charge is 0.210 e. The van der Waals surface area contributed by atoms with Crippen molar-refractivity contribution < 1.29 is 14.6 Å². The highest BCUT2D eigenvalue weighted by atomic mass is 16.6. The first-order valence-electron chi connectivity index (χ1n) is 4.13. The number of hydrogen-bond acceptors (Lipinski definition) is 3. The first-order valence-corrected chi connectivity index (χ1v) is 3.72. The van der Waals surface area contributed by atoms with Crippen LogP contribution < -0.4 is 0 Å². The quantitative estimate of drug-likeness (QED) is 0.562. The van der Waals surface area contributed by atoms with Gasteiger partial charge in [-0.25, -0.2) is 0 Å². The van der Waals surface area contributed by atoms with E-state index in [-0.39, 0.29) is 30.7 Å². The molecule has 0 bridgehead atoms. The number of ether oxygens (including phenoxy) is 2. The van der Waals surface area contributed by atoms with Crippen molar-refractivity contribution in [3.63, 3.8) is 0 Å². The maximum Gasteiger partial charge on any atom is 0.210 e. The van der Waals surface area contributed by atoms with Gasteiger partial charge in [0.05, 0.1) is 12.7 Å². The van der Waals surface area contributed by atoms with Gasteiger partial charge in [-0.2, -0.15) is 0 Å². The predicted octanol–water partition coefficient (Wildman–Crippen LogP) is -0.477. The van der Waals surface area contributed by atoms with Gasteiger partial charge in [0.1, 0.15) is 14.0 Å². The highest BCUT2D eigenvalue weighted by Crippen LogP contribution is 2.26. The fraction of sp³-hybridized carbons (Fsp3) is 1.00. The van der Waals surface area contributed by atoms with Gasteiger partial charge in [-0.05, 0) is 0 Å². The van der Waals surface area contributed by atoms with Gasteiger partial charge in [-0.1, -0.05) is 6.92 Å². The normalized spacial score (nSPS) is 45.8. The lowest BCUT2D eigenvalue weighted by atomic mass is 9.86. The van der Waals surface area contributed by atoms with E-state index in [1.165, 1.54) is 0 Å². The van der Waals surface area contributed by atoms with E-state index >= 15 is 0 Å². The molecule has 62 valence electrons. The molecule has 1 aliphatic heterocycles. The summed E-state index contributed by atoms with van der Waals surface area (Å²) >= 11 is 0. The zero-order valence-electron chi connectivity index (χ0n) is 7.82. The molecule has 0 saturated carbocycles. The molecular weight excluding hydrogens is 143 g/mol. The van der Waals surface area contributed by atoms with Crippen molar-refractivity contribution in [2.24, 2.45) is 5.92 Å². The lowest BCUT2D eigenvalue weighted by molar-refractivity contribution is -0.0229. The van der Waals surface area contributed by atoms with E-state index in [9.17, 15) is 0 Å². The van der Waals surface area contributed by atoms with Crippen molar-refractivity contribution in [3.8, 4) is 0 Å². The summed E-state index contributed by atoms with van der Waals surface area (Å²) in [7, 11) is 7.26. The minimum atomic E-state index is -0.310. The van der Waals surface area contributed by atoms with Gasteiger partial charge in [0.15, 0.2) is 0 Å². The first-order chi connectivity index (χ1) is 5.70. The summed E-state index contributed by atoms with van der Waals surface area (Å²) in [5.41, 5.74) is 0. The zero-order chi connectivity index (χ0) is 9.14. The Bertz CT molecular complexity index is 147. The fourth-order valence-electron chi connectivity index (χ4n) is 1.43. The van der Waals surface area contributed by atoms with Crippen molar-refractivity contribution in [2.45, 2.75) is 25.1 Å². The largest absolute Gasteiger partial charge is 0.394 e. The van der Waals surface area contributed by atoms with E-state index in [2.05, 4.69) is 5.11 Å². The minimum Gasteiger partial charge on any atom is -0.394 e. The van der Waals surface area contributed by atoms with E-state index < -0.39 is 0 Å². The van der Waals surface area contributed by atoms with Crippen LogP contribution in [0.15, 0.2) is 0 Å². The summed E-state index contributed by atoms with van der Waals surface area (Å²) in [6, 6.07) is -0.310. The summed E-state index contributed by atoms with van der Waals surface area (Å²) in [5.74, 6) is 0.148. The molecule has 0 aromatic heterocycles. The van der Waals surface area contributed by atoms with Gasteiger partial charge >= 0.3 is 0 Å². The Labute approximate surface area is 69.6 Å². The van der Waals surface area contributed by atoms with Crippen LogP contribution in [0.25, 0.3) is 0 Å².